The number of carbonyl (C=O) groups is 1. The van der Waals surface area contributed by atoms with Crippen molar-refractivity contribution >= 4 is 11.7 Å². The molecule has 2 aromatic rings. The number of aromatic carboxylic acids is 1. The van der Waals surface area contributed by atoms with E-state index in [2.05, 4.69) is 10.3 Å². The second-order valence-corrected chi connectivity index (χ2v) is 4.68. The average Bonchev–Trinajstić information content (AvgIpc) is 2.48. The molecule has 1 aromatic carbocycles. The van der Waals surface area contributed by atoms with Gasteiger partial charge in [-0.2, -0.15) is 0 Å². The van der Waals surface area contributed by atoms with E-state index in [1.165, 1.54) is 6.07 Å². The first-order valence-electron chi connectivity index (χ1n) is 6.90. The predicted octanol–water partition coefficient (Wildman–Crippen LogP) is 2.73. The lowest BCUT2D eigenvalue weighted by molar-refractivity contribution is 0.0695. The molecule has 5 nitrogen and oxygen atoms in total. The summed E-state index contributed by atoms with van der Waals surface area (Å²) in [7, 11) is 0. The minimum absolute atomic E-state index is 0.222. The molecule has 0 atom stereocenters. The second-order valence-electron chi connectivity index (χ2n) is 4.68. The van der Waals surface area contributed by atoms with E-state index < -0.39 is 11.5 Å². The maximum atomic E-state index is 11.8. The summed E-state index contributed by atoms with van der Waals surface area (Å²) < 4.78 is 0. The molecule has 0 saturated carbocycles. The summed E-state index contributed by atoms with van der Waals surface area (Å²) in [5.41, 5.74) is 2.55. The fourth-order valence-electron chi connectivity index (χ4n) is 2.23. The number of hydrogen-bond acceptors (Lipinski definition) is 3. The minimum atomic E-state index is -1.21. The highest BCUT2D eigenvalue weighted by molar-refractivity contribution is 5.88. The number of nitrogens with one attached hydrogen (secondary N) is 2. The number of pyridine rings is 1. The smallest absolute Gasteiger partial charge is 0.341 e. The minimum Gasteiger partial charge on any atom is -0.477 e. The Labute approximate surface area is 122 Å². The number of aryl methyl sites for hydroxylation is 1. The van der Waals surface area contributed by atoms with E-state index >= 15 is 0 Å². The van der Waals surface area contributed by atoms with Crippen LogP contribution in [0.15, 0.2) is 35.1 Å². The summed E-state index contributed by atoms with van der Waals surface area (Å²) in [5.74, 6) is -1.21. The van der Waals surface area contributed by atoms with Crippen molar-refractivity contribution in [2.24, 2.45) is 0 Å². The summed E-state index contributed by atoms with van der Waals surface area (Å²) in [6, 6.07) is 9.13. The van der Waals surface area contributed by atoms with Gasteiger partial charge in [0.25, 0.3) is 5.56 Å². The van der Waals surface area contributed by atoms with Gasteiger partial charge in [0.1, 0.15) is 5.56 Å². The van der Waals surface area contributed by atoms with Crippen LogP contribution in [0.3, 0.4) is 0 Å². The highest BCUT2D eigenvalue weighted by Crippen LogP contribution is 2.23. The second kappa shape index (κ2) is 6.26. The fourth-order valence-corrected chi connectivity index (χ4v) is 2.23. The number of benzene rings is 1. The summed E-state index contributed by atoms with van der Waals surface area (Å²) in [6.45, 7) is 4.78. The van der Waals surface area contributed by atoms with E-state index in [0.29, 0.717) is 12.1 Å². The van der Waals surface area contributed by atoms with Crippen molar-refractivity contribution in [1.29, 1.82) is 0 Å². The van der Waals surface area contributed by atoms with Gasteiger partial charge in [-0.1, -0.05) is 19.1 Å². The lowest BCUT2D eigenvalue weighted by Crippen LogP contribution is -2.19. The van der Waals surface area contributed by atoms with E-state index in [-0.39, 0.29) is 5.56 Å². The Hall–Kier alpha value is -2.56. The van der Waals surface area contributed by atoms with Crippen molar-refractivity contribution < 1.29 is 9.90 Å². The molecule has 0 amide bonds. The van der Waals surface area contributed by atoms with E-state index in [0.717, 1.165) is 23.4 Å². The molecule has 1 aromatic heterocycles. The summed E-state index contributed by atoms with van der Waals surface area (Å²) in [6.07, 6.45) is 0.640. The van der Waals surface area contributed by atoms with Gasteiger partial charge >= 0.3 is 5.97 Å². The average molecular weight is 286 g/mol. The molecule has 110 valence electrons. The molecule has 0 aliphatic rings. The number of rotatable bonds is 5. The number of aromatic amines is 1. The molecular weight excluding hydrogens is 268 g/mol. The van der Waals surface area contributed by atoms with Gasteiger partial charge in [0.05, 0.1) is 5.69 Å². The van der Waals surface area contributed by atoms with Crippen molar-refractivity contribution in [2.45, 2.75) is 20.3 Å². The lowest BCUT2D eigenvalue weighted by Gasteiger charge is -2.10. The van der Waals surface area contributed by atoms with Crippen LogP contribution in [0, 0.1) is 0 Å². The highest BCUT2D eigenvalue weighted by Gasteiger charge is 2.13. The number of aromatic nitrogens is 1. The van der Waals surface area contributed by atoms with Gasteiger partial charge in [-0.05, 0) is 42.7 Å². The Kier molecular flexibility index (Phi) is 4.42. The van der Waals surface area contributed by atoms with E-state index in [1.807, 2.05) is 38.1 Å². The zero-order valence-corrected chi connectivity index (χ0v) is 12.1. The van der Waals surface area contributed by atoms with Crippen molar-refractivity contribution in [3.63, 3.8) is 0 Å². The van der Waals surface area contributed by atoms with Gasteiger partial charge in [0.2, 0.25) is 0 Å². The van der Waals surface area contributed by atoms with Gasteiger partial charge in [-0.25, -0.2) is 4.79 Å². The number of H-pyrrole nitrogens is 1. The van der Waals surface area contributed by atoms with Gasteiger partial charge in [0.15, 0.2) is 0 Å². The first kappa shape index (κ1) is 14.8. The molecule has 0 radical (unpaired) electrons. The molecule has 0 saturated heterocycles. The van der Waals surface area contributed by atoms with Gasteiger partial charge < -0.3 is 15.4 Å². The van der Waals surface area contributed by atoms with Crippen LogP contribution < -0.4 is 10.9 Å². The topological polar surface area (TPSA) is 82.2 Å². The molecule has 0 unspecified atom stereocenters. The molecule has 0 aliphatic carbocycles. The third-order valence-corrected chi connectivity index (χ3v) is 3.29. The number of anilines is 1. The maximum Gasteiger partial charge on any atom is 0.341 e. The van der Waals surface area contributed by atoms with Crippen molar-refractivity contribution in [3.05, 3.63) is 51.8 Å². The first-order valence-corrected chi connectivity index (χ1v) is 6.90. The van der Waals surface area contributed by atoms with Gasteiger partial charge in [0, 0.05) is 12.2 Å². The van der Waals surface area contributed by atoms with Crippen LogP contribution in [0.1, 0.15) is 29.8 Å². The Balaban J connectivity index is 2.50. The van der Waals surface area contributed by atoms with Crippen LogP contribution in [-0.2, 0) is 6.42 Å². The quantitative estimate of drug-likeness (QED) is 0.789. The van der Waals surface area contributed by atoms with E-state index in [4.69, 9.17) is 5.11 Å². The number of carboxylic acids is 1. The predicted molar refractivity (Wildman–Crippen MR) is 83.0 cm³/mol. The fraction of sp³-hybridized carbons (Fsp3) is 0.250. The van der Waals surface area contributed by atoms with E-state index in [1.54, 1.807) is 0 Å². The van der Waals surface area contributed by atoms with Crippen LogP contribution in [-0.4, -0.2) is 22.6 Å². The van der Waals surface area contributed by atoms with Crippen LogP contribution in [0.5, 0.6) is 0 Å². The third-order valence-electron chi connectivity index (χ3n) is 3.29. The van der Waals surface area contributed by atoms with Crippen molar-refractivity contribution in [1.82, 2.24) is 4.98 Å². The third kappa shape index (κ3) is 3.13. The molecule has 1 heterocycles. The van der Waals surface area contributed by atoms with Crippen molar-refractivity contribution in [3.8, 4) is 11.3 Å². The molecule has 5 heteroatoms. The standard InChI is InChI=1S/C16H18N2O3/c1-3-10-9-13(16(20)21)15(19)18-14(10)11-5-7-12(8-6-11)17-4-2/h5-9,17H,3-4H2,1-2H3,(H,18,19)(H,20,21). The lowest BCUT2D eigenvalue weighted by atomic mass is 10.0. The molecule has 0 fully saturated rings. The molecular formula is C16H18N2O3. The summed E-state index contributed by atoms with van der Waals surface area (Å²) in [5, 5.41) is 12.2. The first-order chi connectivity index (χ1) is 10.1. The van der Waals surface area contributed by atoms with Crippen LogP contribution in [0.2, 0.25) is 0 Å². The number of hydrogen-bond donors (Lipinski definition) is 3. The zero-order valence-electron chi connectivity index (χ0n) is 12.1. The largest absolute Gasteiger partial charge is 0.477 e. The molecule has 0 spiro atoms. The zero-order chi connectivity index (χ0) is 15.4. The monoisotopic (exact) mass is 286 g/mol. The molecule has 3 N–H and O–H groups in total. The van der Waals surface area contributed by atoms with E-state index in [9.17, 15) is 9.59 Å². The molecule has 0 aliphatic heterocycles. The SMILES string of the molecule is CCNc1ccc(-c2[nH]c(=O)c(C(=O)O)cc2CC)cc1. The normalized spacial score (nSPS) is 10.4. The highest BCUT2D eigenvalue weighted by atomic mass is 16.4. The Morgan fingerprint density at radius 2 is 1.90 bits per heavy atom. The Bertz CT molecular complexity index is 702. The maximum absolute atomic E-state index is 11.8. The Morgan fingerprint density at radius 1 is 1.24 bits per heavy atom. The molecule has 2 rings (SSSR count). The Morgan fingerprint density at radius 3 is 2.43 bits per heavy atom. The van der Waals surface area contributed by atoms with Crippen LogP contribution in [0.4, 0.5) is 5.69 Å². The van der Waals surface area contributed by atoms with Crippen LogP contribution in [0.25, 0.3) is 11.3 Å². The number of carboxylic acid groups (broad SMARTS) is 1. The van der Waals surface area contributed by atoms with Gasteiger partial charge in [-0.3, -0.25) is 4.79 Å². The molecule has 21 heavy (non-hydrogen) atoms. The summed E-state index contributed by atoms with van der Waals surface area (Å²) >= 11 is 0. The van der Waals surface area contributed by atoms with Gasteiger partial charge in [-0.15, -0.1) is 0 Å². The van der Waals surface area contributed by atoms with Crippen molar-refractivity contribution in [2.75, 3.05) is 11.9 Å². The van der Waals surface area contributed by atoms with Crippen LogP contribution >= 0.6 is 0 Å². The summed E-state index contributed by atoms with van der Waals surface area (Å²) in [4.78, 5) is 25.6. The molecule has 0 bridgehead atoms.